The topological polar surface area (TPSA) is 0 Å². The van der Waals surface area contributed by atoms with Crippen LogP contribution in [0.15, 0.2) is 39.3 Å². The van der Waals surface area contributed by atoms with Crippen LogP contribution >= 0.6 is 47.8 Å². The van der Waals surface area contributed by atoms with Crippen LogP contribution in [-0.2, 0) is 0 Å². The largest absolute Gasteiger partial charge is 0.207 e. The molecule has 0 radical (unpaired) electrons. The SMILES string of the molecule is Cc1cc(C(Br)c2c(F)cccc2Br)c(C)cc1Br. The average molecular weight is 451 g/mol. The highest BCUT2D eigenvalue weighted by Gasteiger charge is 2.20. The van der Waals surface area contributed by atoms with Crippen molar-refractivity contribution in [3.63, 3.8) is 0 Å². The summed E-state index contributed by atoms with van der Waals surface area (Å²) in [6, 6.07) is 9.18. The molecule has 0 aliphatic carbocycles. The third kappa shape index (κ3) is 3.11. The van der Waals surface area contributed by atoms with E-state index in [0.717, 1.165) is 25.6 Å². The minimum Gasteiger partial charge on any atom is -0.207 e. The maximum Gasteiger partial charge on any atom is 0.129 e. The summed E-state index contributed by atoms with van der Waals surface area (Å²) >= 11 is 10.6. The predicted octanol–water partition coefficient (Wildman–Crippen LogP) is 6.45. The second kappa shape index (κ2) is 6.06. The third-order valence-electron chi connectivity index (χ3n) is 3.07. The molecule has 0 N–H and O–H groups in total. The molecule has 0 nitrogen and oxygen atoms in total. The Morgan fingerprint density at radius 1 is 1.00 bits per heavy atom. The molecule has 2 aromatic rings. The summed E-state index contributed by atoms with van der Waals surface area (Å²) in [7, 11) is 0. The smallest absolute Gasteiger partial charge is 0.129 e. The summed E-state index contributed by atoms with van der Waals surface area (Å²) in [6.07, 6.45) is 0. The van der Waals surface area contributed by atoms with Gasteiger partial charge in [0.1, 0.15) is 5.82 Å². The van der Waals surface area contributed by atoms with Gasteiger partial charge >= 0.3 is 0 Å². The van der Waals surface area contributed by atoms with Gasteiger partial charge < -0.3 is 0 Å². The van der Waals surface area contributed by atoms with E-state index in [1.165, 1.54) is 6.07 Å². The highest BCUT2D eigenvalue weighted by Crippen LogP contribution is 2.39. The fourth-order valence-electron chi connectivity index (χ4n) is 1.98. The fraction of sp³-hybridized carbons (Fsp3) is 0.200. The van der Waals surface area contributed by atoms with Gasteiger partial charge in [-0.1, -0.05) is 59.9 Å². The summed E-state index contributed by atoms with van der Waals surface area (Å²) in [6.45, 7) is 4.06. The van der Waals surface area contributed by atoms with Crippen LogP contribution in [0.4, 0.5) is 4.39 Å². The lowest BCUT2D eigenvalue weighted by molar-refractivity contribution is 0.612. The number of rotatable bonds is 2. The van der Waals surface area contributed by atoms with E-state index < -0.39 is 0 Å². The van der Waals surface area contributed by atoms with Gasteiger partial charge in [-0.25, -0.2) is 4.39 Å². The van der Waals surface area contributed by atoms with E-state index in [4.69, 9.17) is 0 Å². The van der Waals surface area contributed by atoms with E-state index in [-0.39, 0.29) is 10.6 Å². The zero-order valence-corrected chi connectivity index (χ0v) is 15.2. The fourth-order valence-corrected chi connectivity index (χ4v) is 4.28. The van der Waals surface area contributed by atoms with Crippen molar-refractivity contribution < 1.29 is 4.39 Å². The minimum absolute atomic E-state index is 0.171. The number of hydrogen-bond donors (Lipinski definition) is 0. The quantitative estimate of drug-likeness (QED) is 0.461. The monoisotopic (exact) mass is 448 g/mol. The molecular formula is C15H12Br3F. The van der Waals surface area contributed by atoms with Gasteiger partial charge in [0.25, 0.3) is 0 Å². The molecule has 0 bridgehead atoms. The van der Waals surface area contributed by atoms with Gasteiger partial charge in [-0.2, -0.15) is 0 Å². The second-order valence-corrected chi connectivity index (χ2v) is 7.08. The Balaban J connectivity index is 2.56. The van der Waals surface area contributed by atoms with Gasteiger partial charge in [0.2, 0.25) is 0 Å². The lowest BCUT2D eigenvalue weighted by atomic mass is 9.98. The van der Waals surface area contributed by atoms with Crippen molar-refractivity contribution >= 4 is 47.8 Å². The Labute approximate surface area is 137 Å². The number of aryl methyl sites for hydroxylation is 2. The van der Waals surface area contributed by atoms with Crippen LogP contribution in [0.2, 0.25) is 0 Å². The maximum absolute atomic E-state index is 14.0. The molecule has 0 heterocycles. The molecular weight excluding hydrogens is 439 g/mol. The lowest BCUT2D eigenvalue weighted by Gasteiger charge is -2.17. The van der Waals surface area contributed by atoms with Crippen molar-refractivity contribution in [2.75, 3.05) is 0 Å². The van der Waals surface area contributed by atoms with Crippen LogP contribution in [0.25, 0.3) is 0 Å². The summed E-state index contributed by atoms with van der Waals surface area (Å²) in [5.74, 6) is -0.212. The van der Waals surface area contributed by atoms with E-state index in [2.05, 4.69) is 59.9 Å². The first-order valence-electron chi connectivity index (χ1n) is 5.76. The van der Waals surface area contributed by atoms with Crippen molar-refractivity contribution in [3.8, 4) is 0 Å². The van der Waals surface area contributed by atoms with Crippen LogP contribution in [-0.4, -0.2) is 0 Å². The number of alkyl halides is 1. The molecule has 4 heteroatoms. The molecule has 0 saturated carbocycles. The Hall–Kier alpha value is -0.190. The molecule has 0 aliphatic heterocycles. The van der Waals surface area contributed by atoms with Crippen molar-refractivity contribution in [1.82, 2.24) is 0 Å². The zero-order valence-electron chi connectivity index (χ0n) is 10.5. The molecule has 0 amide bonds. The molecule has 0 aliphatic rings. The first-order chi connectivity index (χ1) is 8.91. The van der Waals surface area contributed by atoms with Gasteiger partial charge in [-0.15, -0.1) is 0 Å². The standard InChI is InChI=1S/C15H12Br3F/c1-8-7-12(17)9(2)6-10(8)15(18)14-11(16)4-3-5-13(14)19/h3-7,15H,1-2H3. The van der Waals surface area contributed by atoms with Crippen LogP contribution in [0.1, 0.15) is 27.1 Å². The second-order valence-electron chi connectivity index (χ2n) is 4.46. The molecule has 2 aromatic carbocycles. The average Bonchev–Trinajstić information content (AvgIpc) is 2.33. The number of halogens is 4. The minimum atomic E-state index is -0.212. The molecule has 0 spiro atoms. The van der Waals surface area contributed by atoms with Gasteiger partial charge in [0.15, 0.2) is 0 Å². The van der Waals surface area contributed by atoms with Crippen LogP contribution in [0.3, 0.4) is 0 Å². The first-order valence-corrected chi connectivity index (χ1v) is 8.26. The molecule has 1 atom stereocenters. The number of benzene rings is 2. The highest BCUT2D eigenvalue weighted by atomic mass is 79.9. The predicted molar refractivity (Wildman–Crippen MR) is 88.5 cm³/mol. The summed E-state index contributed by atoms with van der Waals surface area (Å²) in [5, 5.41) is 0. The van der Waals surface area contributed by atoms with Gasteiger partial charge in [0.05, 0.1) is 4.83 Å². The van der Waals surface area contributed by atoms with Crippen LogP contribution in [0, 0.1) is 19.7 Å². The van der Waals surface area contributed by atoms with E-state index in [1.54, 1.807) is 6.07 Å². The van der Waals surface area contributed by atoms with Gasteiger partial charge in [-0.05, 0) is 48.7 Å². The van der Waals surface area contributed by atoms with E-state index >= 15 is 0 Å². The van der Waals surface area contributed by atoms with E-state index in [1.807, 2.05) is 19.9 Å². The summed E-state index contributed by atoms with van der Waals surface area (Å²) in [5.41, 5.74) is 3.96. The summed E-state index contributed by atoms with van der Waals surface area (Å²) in [4.78, 5) is -0.171. The first kappa shape index (κ1) is 15.2. The van der Waals surface area contributed by atoms with Gasteiger partial charge in [0, 0.05) is 14.5 Å². The lowest BCUT2D eigenvalue weighted by Crippen LogP contribution is -2.01. The van der Waals surface area contributed by atoms with Crippen LogP contribution < -0.4 is 0 Å². The normalized spacial score (nSPS) is 12.5. The van der Waals surface area contributed by atoms with E-state index in [0.29, 0.717) is 5.56 Å². The Morgan fingerprint density at radius 3 is 2.32 bits per heavy atom. The molecule has 0 fully saturated rings. The van der Waals surface area contributed by atoms with Crippen molar-refractivity contribution in [2.45, 2.75) is 18.7 Å². The maximum atomic E-state index is 14.0. The summed E-state index contributed by atoms with van der Waals surface area (Å²) < 4.78 is 15.9. The molecule has 19 heavy (non-hydrogen) atoms. The Kier molecular flexibility index (Phi) is 4.85. The highest BCUT2D eigenvalue weighted by molar-refractivity contribution is 9.11. The molecule has 0 aromatic heterocycles. The zero-order chi connectivity index (χ0) is 14.2. The molecule has 1 unspecified atom stereocenters. The van der Waals surface area contributed by atoms with Crippen molar-refractivity contribution in [3.05, 3.63) is 67.3 Å². The van der Waals surface area contributed by atoms with Crippen molar-refractivity contribution in [2.24, 2.45) is 0 Å². The van der Waals surface area contributed by atoms with Crippen molar-refractivity contribution in [1.29, 1.82) is 0 Å². The molecule has 100 valence electrons. The number of hydrogen-bond acceptors (Lipinski definition) is 0. The van der Waals surface area contributed by atoms with Crippen LogP contribution in [0.5, 0.6) is 0 Å². The Morgan fingerprint density at radius 2 is 1.68 bits per heavy atom. The molecule has 2 rings (SSSR count). The third-order valence-corrected chi connectivity index (χ3v) is 5.57. The Bertz CT molecular complexity index is 603. The van der Waals surface area contributed by atoms with Gasteiger partial charge in [-0.3, -0.25) is 0 Å². The van der Waals surface area contributed by atoms with E-state index in [9.17, 15) is 4.39 Å². The molecule has 0 saturated heterocycles.